The number of fused-ring (bicyclic) bond motifs is 3. The number of thiophene rings is 1. The summed E-state index contributed by atoms with van der Waals surface area (Å²) in [5.41, 5.74) is 6.66. The van der Waals surface area contributed by atoms with Crippen molar-refractivity contribution in [1.29, 1.82) is 0 Å². The average Bonchev–Trinajstić information content (AvgIpc) is 3.42. The van der Waals surface area contributed by atoms with Gasteiger partial charge >= 0.3 is 0 Å². The third kappa shape index (κ3) is 4.19. The van der Waals surface area contributed by atoms with Gasteiger partial charge in [0, 0.05) is 29.1 Å². The van der Waals surface area contributed by atoms with Gasteiger partial charge in [0.25, 0.3) is 5.91 Å². The minimum absolute atomic E-state index is 0.0958. The number of rotatable bonds is 5. The van der Waals surface area contributed by atoms with Gasteiger partial charge in [-0.25, -0.2) is 0 Å². The Balaban J connectivity index is 1.14. The zero-order valence-electron chi connectivity index (χ0n) is 18.2. The molecule has 0 atom stereocenters. The largest absolute Gasteiger partial charge is 0.355 e. The van der Waals surface area contributed by atoms with Crippen molar-refractivity contribution in [1.82, 2.24) is 15.4 Å². The number of benzene rings is 1. The second-order valence-corrected chi connectivity index (χ2v) is 9.96. The first-order chi connectivity index (χ1) is 15.1. The molecule has 162 valence electrons. The molecule has 31 heavy (non-hydrogen) atoms. The van der Waals surface area contributed by atoms with Crippen LogP contribution in [0.4, 0.5) is 0 Å². The molecule has 1 aromatic carbocycles. The van der Waals surface area contributed by atoms with E-state index in [1.54, 1.807) is 11.3 Å². The fourth-order valence-electron chi connectivity index (χ4n) is 4.79. The Morgan fingerprint density at radius 3 is 2.90 bits per heavy atom. The van der Waals surface area contributed by atoms with Crippen LogP contribution in [0.1, 0.15) is 50.5 Å². The summed E-state index contributed by atoms with van der Waals surface area (Å²) < 4.78 is 5.56. The number of nitrogens with one attached hydrogen (secondary N) is 1. The van der Waals surface area contributed by atoms with Gasteiger partial charge in [0.1, 0.15) is 0 Å². The van der Waals surface area contributed by atoms with Crippen molar-refractivity contribution in [3.05, 3.63) is 62.5 Å². The van der Waals surface area contributed by atoms with E-state index in [1.807, 2.05) is 0 Å². The summed E-state index contributed by atoms with van der Waals surface area (Å²) in [6, 6.07) is 8.77. The van der Waals surface area contributed by atoms with Crippen molar-refractivity contribution >= 4 is 17.2 Å². The zero-order chi connectivity index (χ0) is 21.4. The van der Waals surface area contributed by atoms with Crippen LogP contribution in [0.3, 0.4) is 0 Å². The lowest BCUT2D eigenvalue weighted by Crippen LogP contribution is -2.38. The van der Waals surface area contributed by atoms with E-state index in [0.717, 1.165) is 62.2 Å². The predicted molar refractivity (Wildman–Crippen MR) is 123 cm³/mol. The molecule has 5 rings (SSSR count). The lowest BCUT2D eigenvalue weighted by Gasteiger charge is -2.32. The van der Waals surface area contributed by atoms with Gasteiger partial charge in [-0.05, 0) is 81.1 Å². The van der Waals surface area contributed by atoms with E-state index in [-0.39, 0.29) is 5.91 Å². The van der Waals surface area contributed by atoms with E-state index in [0.29, 0.717) is 18.2 Å². The van der Waals surface area contributed by atoms with E-state index in [2.05, 4.69) is 58.9 Å². The number of aryl methyl sites for hydroxylation is 3. The topological polar surface area (TPSA) is 58.4 Å². The molecule has 0 radical (unpaired) electrons. The summed E-state index contributed by atoms with van der Waals surface area (Å²) in [6.07, 6.45) is 4.01. The summed E-state index contributed by atoms with van der Waals surface area (Å²) in [4.78, 5) is 16.7. The number of carbonyl (C=O) groups is 1. The van der Waals surface area contributed by atoms with Crippen LogP contribution in [0.2, 0.25) is 0 Å². The Bertz CT molecular complexity index is 1090. The number of nitrogens with zero attached hydrogens (tertiary/aromatic N) is 2. The second-order valence-electron chi connectivity index (χ2n) is 8.96. The fraction of sp³-hybridized carbons (Fsp3) is 0.440. The first kappa shape index (κ1) is 20.5. The number of hydrogen-bond donors (Lipinski definition) is 1. The second kappa shape index (κ2) is 8.60. The van der Waals surface area contributed by atoms with Gasteiger partial charge < -0.3 is 9.84 Å². The van der Waals surface area contributed by atoms with Crippen molar-refractivity contribution in [2.45, 2.75) is 46.1 Å². The van der Waals surface area contributed by atoms with E-state index in [9.17, 15) is 4.79 Å². The first-order valence-electron chi connectivity index (χ1n) is 11.2. The van der Waals surface area contributed by atoms with Crippen molar-refractivity contribution in [3.63, 3.8) is 0 Å². The molecule has 0 saturated carbocycles. The molecule has 1 fully saturated rings. The summed E-state index contributed by atoms with van der Waals surface area (Å²) in [7, 11) is 0. The highest BCUT2D eigenvalue weighted by atomic mass is 32.1. The lowest BCUT2D eigenvalue weighted by molar-refractivity contribution is 0.0925. The first-order valence-corrected chi connectivity index (χ1v) is 12.1. The zero-order valence-corrected chi connectivity index (χ0v) is 19.1. The normalized spacial score (nSPS) is 16.7. The standard InChI is InChI=1S/C25H29N3O2S/c1-16-3-4-17(2)19(13-16)15-28-10-7-18(8-11-28)14-26-25(29)23-21-5-6-22-20(9-12-31-22)24(21)30-27-23/h3-4,9,12-13,18H,5-8,10-11,14-15H2,1-2H3,(H,26,29). The van der Waals surface area contributed by atoms with Gasteiger partial charge in [-0.2, -0.15) is 0 Å². The predicted octanol–water partition coefficient (Wildman–Crippen LogP) is 4.76. The molecule has 2 aliphatic rings. The summed E-state index contributed by atoms with van der Waals surface area (Å²) >= 11 is 1.75. The number of aromatic nitrogens is 1. The summed E-state index contributed by atoms with van der Waals surface area (Å²) in [5, 5.41) is 9.33. The van der Waals surface area contributed by atoms with Crippen LogP contribution in [-0.4, -0.2) is 35.6 Å². The Hall–Kier alpha value is -2.44. The molecule has 0 spiro atoms. The number of hydrogen-bond acceptors (Lipinski definition) is 5. The third-order valence-corrected chi connectivity index (χ3v) is 7.73. The molecular weight excluding hydrogens is 406 g/mol. The average molecular weight is 436 g/mol. The minimum atomic E-state index is -0.0958. The van der Waals surface area contributed by atoms with Crippen LogP contribution in [0, 0.1) is 19.8 Å². The van der Waals surface area contributed by atoms with Gasteiger partial charge in [-0.3, -0.25) is 9.69 Å². The van der Waals surface area contributed by atoms with Crippen LogP contribution in [0.5, 0.6) is 0 Å². The molecule has 2 aromatic heterocycles. The van der Waals surface area contributed by atoms with Crippen LogP contribution >= 0.6 is 11.3 Å². The Morgan fingerprint density at radius 1 is 1.23 bits per heavy atom. The van der Waals surface area contributed by atoms with Crippen LogP contribution in [0.15, 0.2) is 34.2 Å². The highest BCUT2D eigenvalue weighted by Crippen LogP contribution is 2.38. The maximum atomic E-state index is 12.8. The van der Waals surface area contributed by atoms with E-state index in [1.165, 1.54) is 21.6 Å². The van der Waals surface area contributed by atoms with Gasteiger partial charge in [-0.15, -0.1) is 11.3 Å². The highest BCUT2D eigenvalue weighted by Gasteiger charge is 2.29. The Labute approximate surface area is 187 Å². The van der Waals surface area contributed by atoms with Crippen LogP contribution in [-0.2, 0) is 19.4 Å². The Morgan fingerprint density at radius 2 is 2.06 bits per heavy atom. The van der Waals surface area contributed by atoms with Crippen LogP contribution < -0.4 is 5.32 Å². The molecule has 0 unspecified atom stereocenters. The van der Waals surface area contributed by atoms with Crippen molar-refractivity contribution in [2.75, 3.05) is 19.6 Å². The van der Waals surface area contributed by atoms with Gasteiger partial charge in [0.05, 0.1) is 0 Å². The maximum Gasteiger partial charge on any atom is 0.273 e. The molecule has 1 aliphatic carbocycles. The highest BCUT2D eigenvalue weighted by molar-refractivity contribution is 7.10. The maximum absolute atomic E-state index is 12.8. The molecule has 1 saturated heterocycles. The molecule has 3 heterocycles. The lowest BCUT2D eigenvalue weighted by atomic mass is 9.94. The molecule has 3 aromatic rings. The van der Waals surface area contributed by atoms with E-state index >= 15 is 0 Å². The molecular formula is C25H29N3O2S. The molecule has 1 aliphatic heterocycles. The van der Waals surface area contributed by atoms with E-state index < -0.39 is 0 Å². The number of amides is 1. The smallest absolute Gasteiger partial charge is 0.273 e. The van der Waals surface area contributed by atoms with E-state index in [4.69, 9.17) is 4.52 Å². The van der Waals surface area contributed by atoms with Gasteiger partial charge in [-0.1, -0.05) is 28.9 Å². The Kier molecular flexibility index (Phi) is 5.67. The summed E-state index contributed by atoms with van der Waals surface area (Å²) in [5.74, 6) is 1.21. The molecule has 1 N–H and O–H groups in total. The minimum Gasteiger partial charge on any atom is -0.355 e. The number of carbonyl (C=O) groups excluding carboxylic acids is 1. The number of likely N-dealkylation sites (tertiary alicyclic amines) is 1. The third-order valence-electron chi connectivity index (χ3n) is 6.75. The van der Waals surface area contributed by atoms with Crippen molar-refractivity contribution in [3.8, 4) is 11.3 Å². The van der Waals surface area contributed by atoms with Crippen LogP contribution in [0.25, 0.3) is 11.3 Å². The molecule has 5 nitrogen and oxygen atoms in total. The van der Waals surface area contributed by atoms with Crippen molar-refractivity contribution in [2.24, 2.45) is 5.92 Å². The monoisotopic (exact) mass is 435 g/mol. The molecule has 6 heteroatoms. The van der Waals surface area contributed by atoms with Gasteiger partial charge in [0.2, 0.25) is 0 Å². The van der Waals surface area contributed by atoms with Crippen molar-refractivity contribution < 1.29 is 9.32 Å². The molecule has 0 bridgehead atoms. The SMILES string of the molecule is Cc1ccc(C)c(CN2CCC(CNC(=O)c3noc4c3CCc3sccc3-4)CC2)c1. The van der Waals surface area contributed by atoms with Gasteiger partial charge in [0.15, 0.2) is 11.5 Å². The molecule has 1 amide bonds. The fourth-order valence-corrected chi connectivity index (χ4v) is 5.66. The summed E-state index contributed by atoms with van der Waals surface area (Å²) in [6.45, 7) is 8.23. The quantitative estimate of drug-likeness (QED) is 0.628. The number of piperidine rings is 1.